The Balaban J connectivity index is 2.04. The summed E-state index contributed by atoms with van der Waals surface area (Å²) in [6.07, 6.45) is 0. The van der Waals surface area contributed by atoms with Crippen LogP contribution in [0.2, 0.25) is 5.02 Å². The number of halogens is 1. The number of nitrogens with zero attached hydrogens (tertiary/aromatic N) is 1. The van der Waals surface area contributed by atoms with E-state index in [1.807, 2.05) is 0 Å². The van der Waals surface area contributed by atoms with Gasteiger partial charge in [0.05, 0.1) is 0 Å². The molecule has 0 radical (unpaired) electrons. The van der Waals surface area contributed by atoms with Crippen LogP contribution in [0.5, 0.6) is 5.75 Å². The van der Waals surface area contributed by atoms with E-state index in [2.05, 4.69) is 9.68 Å². The average Bonchev–Trinajstić information content (AvgIpc) is 2.56. The second kappa shape index (κ2) is 7.97. The number of ether oxygens (including phenoxy) is 1. The Hall–Kier alpha value is -2.34. The van der Waals surface area contributed by atoms with Gasteiger partial charge >= 0.3 is 13.6 Å². The lowest BCUT2D eigenvalue weighted by molar-refractivity contribution is -0.136. The molecular weight excluding hydrogens is 357 g/mol. The van der Waals surface area contributed by atoms with Gasteiger partial charge in [0, 0.05) is 10.6 Å². The summed E-state index contributed by atoms with van der Waals surface area (Å²) in [5.41, 5.74) is -0.586. The third-order valence-corrected chi connectivity index (χ3v) is 4.38. The van der Waals surface area contributed by atoms with Crippen LogP contribution in [-0.4, -0.2) is 28.1 Å². The maximum absolute atomic E-state index is 12.2. The molecule has 2 aromatic carbocycles. The Bertz CT molecular complexity index is 778. The van der Waals surface area contributed by atoms with Crippen molar-refractivity contribution < 1.29 is 28.7 Å². The van der Waals surface area contributed by atoms with Crippen molar-refractivity contribution in [2.45, 2.75) is 0 Å². The lowest BCUT2D eigenvalue weighted by Gasteiger charge is -2.13. The van der Waals surface area contributed by atoms with Gasteiger partial charge in [0.1, 0.15) is 5.75 Å². The van der Waals surface area contributed by atoms with Gasteiger partial charge in [-0.05, 0) is 24.3 Å². The fourth-order valence-electron chi connectivity index (χ4n) is 1.74. The highest BCUT2D eigenvalue weighted by Gasteiger charge is 2.34. The number of carbonyl (C=O) groups excluding carboxylic acids is 1. The molecule has 2 aromatic rings. The van der Waals surface area contributed by atoms with Gasteiger partial charge in [-0.3, -0.25) is 0 Å². The van der Waals surface area contributed by atoms with Crippen LogP contribution in [0.1, 0.15) is 5.56 Å². The van der Waals surface area contributed by atoms with E-state index in [0.717, 1.165) is 0 Å². The van der Waals surface area contributed by atoms with Crippen molar-refractivity contribution in [3.8, 4) is 5.75 Å². The van der Waals surface area contributed by atoms with Crippen molar-refractivity contribution in [2.75, 3.05) is 6.61 Å². The molecule has 1 unspecified atom stereocenters. The summed E-state index contributed by atoms with van der Waals surface area (Å²) in [6, 6.07) is 14.0. The van der Waals surface area contributed by atoms with Crippen molar-refractivity contribution in [1.29, 1.82) is 0 Å². The molecule has 0 aliphatic carbocycles. The first kappa shape index (κ1) is 18.0. The topological polar surface area (TPSA) is 105 Å². The Labute approximate surface area is 142 Å². The molecule has 9 heteroatoms. The number of hydrogen-bond donors (Lipinski definition) is 2. The summed E-state index contributed by atoms with van der Waals surface area (Å²) in [5.74, 6) is -0.684. The number of oxime groups is 1. The SMILES string of the molecule is O=C(COc1ccccc1)OP(=O)(O)C(=NO)c1ccc(Cl)cc1. The van der Waals surface area contributed by atoms with Crippen LogP contribution in [0.3, 0.4) is 0 Å². The Kier molecular flexibility index (Phi) is 5.98. The largest absolute Gasteiger partial charge is 0.482 e. The molecule has 126 valence electrons. The quantitative estimate of drug-likeness (QED) is 0.350. The molecule has 2 rings (SSSR count). The van der Waals surface area contributed by atoms with E-state index in [1.54, 1.807) is 30.3 Å². The van der Waals surface area contributed by atoms with Crippen molar-refractivity contribution in [2.24, 2.45) is 5.16 Å². The smallest absolute Gasteiger partial charge is 0.432 e. The van der Waals surface area contributed by atoms with Gasteiger partial charge in [0.15, 0.2) is 6.61 Å². The molecule has 0 aromatic heterocycles. The minimum atomic E-state index is -4.69. The zero-order valence-electron chi connectivity index (χ0n) is 12.2. The van der Waals surface area contributed by atoms with E-state index >= 15 is 0 Å². The molecule has 0 bridgehead atoms. The zero-order chi connectivity index (χ0) is 17.6. The molecule has 0 saturated carbocycles. The van der Waals surface area contributed by atoms with Crippen molar-refractivity contribution in [3.05, 3.63) is 65.2 Å². The second-order valence-corrected chi connectivity index (χ2v) is 6.60. The summed E-state index contributed by atoms with van der Waals surface area (Å²) >= 11 is 5.72. The Morgan fingerprint density at radius 3 is 2.33 bits per heavy atom. The van der Waals surface area contributed by atoms with E-state index < -0.39 is 25.6 Å². The van der Waals surface area contributed by atoms with Crippen LogP contribution in [0, 0.1) is 0 Å². The summed E-state index contributed by atoms with van der Waals surface area (Å²) in [4.78, 5) is 21.6. The predicted octanol–water partition coefficient (Wildman–Crippen LogP) is 3.28. The molecule has 0 spiro atoms. The standard InChI is InChI=1S/C15H13ClNO6P/c16-12-8-6-11(7-9-12)15(17-19)24(20,21)23-14(18)10-22-13-4-2-1-3-5-13/h1-9,19H,10H2,(H,20,21). The number of carbonyl (C=O) groups is 1. The van der Waals surface area contributed by atoms with Crippen LogP contribution < -0.4 is 4.74 Å². The van der Waals surface area contributed by atoms with Crippen LogP contribution in [0.4, 0.5) is 0 Å². The highest BCUT2D eigenvalue weighted by atomic mass is 35.5. The molecule has 0 heterocycles. The van der Waals surface area contributed by atoms with Gasteiger partial charge in [-0.15, -0.1) is 0 Å². The van der Waals surface area contributed by atoms with Gasteiger partial charge in [0.2, 0.25) is 5.45 Å². The number of benzene rings is 2. The van der Waals surface area contributed by atoms with Crippen LogP contribution in [0.15, 0.2) is 59.8 Å². The van der Waals surface area contributed by atoms with E-state index in [9.17, 15) is 14.3 Å². The van der Waals surface area contributed by atoms with E-state index in [0.29, 0.717) is 10.8 Å². The normalized spacial score (nSPS) is 13.8. The summed E-state index contributed by atoms with van der Waals surface area (Å²) in [6.45, 7) is -0.576. The number of hydrogen-bond acceptors (Lipinski definition) is 6. The minimum absolute atomic E-state index is 0.0875. The van der Waals surface area contributed by atoms with Crippen molar-refractivity contribution in [3.63, 3.8) is 0 Å². The molecule has 0 saturated heterocycles. The monoisotopic (exact) mass is 369 g/mol. The summed E-state index contributed by atoms with van der Waals surface area (Å²) in [7, 11) is -4.69. The van der Waals surface area contributed by atoms with Gasteiger partial charge in [-0.2, -0.15) is 0 Å². The number of rotatable bonds is 6. The molecular formula is C15H13ClNO6P. The minimum Gasteiger partial charge on any atom is -0.482 e. The summed E-state index contributed by atoms with van der Waals surface area (Å²) in [5, 5.41) is 12.2. The lowest BCUT2D eigenvalue weighted by Crippen LogP contribution is -2.16. The first-order chi connectivity index (χ1) is 11.4. The zero-order valence-corrected chi connectivity index (χ0v) is 13.9. The highest BCUT2D eigenvalue weighted by molar-refractivity contribution is 7.72. The lowest BCUT2D eigenvalue weighted by atomic mass is 10.2. The van der Waals surface area contributed by atoms with E-state index in [4.69, 9.17) is 21.5 Å². The van der Waals surface area contributed by atoms with Crippen LogP contribution in [0.25, 0.3) is 0 Å². The maximum atomic E-state index is 12.2. The molecule has 1 atom stereocenters. The fourth-order valence-corrected chi connectivity index (χ4v) is 2.87. The van der Waals surface area contributed by atoms with Gasteiger partial charge < -0.3 is 19.4 Å². The fraction of sp³-hybridized carbons (Fsp3) is 0.0667. The molecule has 0 amide bonds. The van der Waals surface area contributed by atoms with Gasteiger partial charge in [0.25, 0.3) is 0 Å². The molecule has 0 fully saturated rings. The Morgan fingerprint density at radius 1 is 1.12 bits per heavy atom. The third kappa shape index (κ3) is 4.83. The van der Waals surface area contributed by atoms with Gasteiger partial charge in [-0.25, -0.2) is 9.36 Å². The van der Waals surface area contributed by atoms with E-state index in [-0.39, 0.29) is 5.56 Å². The van der Waals surface area contributed by atoms with Crippen molar-refractivity contribution in [1.82, 2.24) is 0 Å². The predicted molar refractivity (Wildman–Crippen MR) is 87.6 cm³/mol. The molecule has 0 aliphatic rings. The summed E-state index contributed by atoms with van der Waals surface area (Å²) < 4.78 is 21.8. The average molecular weight is 370 g/mol. The Morgan fingerprint density at radius 2 is 1.75 bits per heavy atom. The van der Waals surface area contributed by atoms with Crippen LogP contribution in [-0.2, 0) is 13.9 Å². The molecule has 24 heavy (non-hydrogen) atoms. The first-order valence-corrected chi connectivity index (χ1v) is 8.59. The van der Waals surface area contributed by atoms with E-state index in [1.165, 1.54) is 24.3 Å². The third-order valence-electron chi connectivity index (χ3n) is 2.79. The molecule has 0 aliphatic heterocycles. The van der Waals surface area contributed by atoms with Crippen LogP contribution >= 0.6 is 19.2 Å². The highest BCUT2D eigenvalue weighted by Crippen LogP contribution is 2.46. The second-order valence-electron chi connectivity index (χ2n) is 4.52. The van der Waals surface area contributed by atoms with Gasteiger partial charge in [-0.1, -0.05) is 47.1 Å². The first-order valence-electron chi connectivity index (χ1n) is 6.64. The number of para-hydroxylation sites is 1. The van der Waals surface area contributed by atoms with Crippen molar-refractivity contribution >= 4 is 30.6 Å². The molecule has 7 nitrogen and oxygen atoms in total. The molecule has 2 N–H and O–H groups in total. The maximum Gasteiger partial charge on any atom is 0.432 e.